The molecule has 1 fully saturated rings. The van der Waals surface area contributed by atoms with Crippen molar-refractivity contribution in [3.05, 3.63) is 47.3 Å². The lowest BCUT2D eigenvalue weighted by Crippen LogP contribution is -2.49. The van der Waals surface area contributed by atoms with Gasteiger partial charge >= 0.3 is 0 Å². The van der Waals surface area contributed by atoms with Crippen molar-refractivity contribution < 1.29 is 19.4 Å². The summed E-state index contributed by atoms with van der Waals surface area (Å²) in [5, 5.41) is 19.1. The maximum Gasteiger partial charge on any atom is 0.273 e. The van der Waals surface area contributed by atoms with Crippen LogP contribution in [0.1, 0.15) is 27.8 Å². The van der Waals surface area contributed by atoms with Crippen LogP contribution in [0, 0.1) is 6.92 Å². The van der Waals surface area contributed by atoms with Crippen molar-refractivity contribution in [1.29, 1.82) is 0 Å². The highest BCUT2D eigenvalue weighted by atomic mass is 16.5. The third-order valence-electron chi connectivity index (χ3n) is 4.03. The number of amides is 2. The fourth-order valence-corrected chi connectivity index (χ4v) is 2.85. The highest BCUT2D eigenvalue weighted by molar-refractivity contribution is 6.03. The highest BCUT2D eigenvalue weighted by Gasteiger charge is 2.30. The van der Waals surface area contributed by atoms with Gasteiger partial charge in [0.05, 0.1) is 18.3 Å². The van der Waals surface area contributed by atoms with Crippen LogP contribution in [-0.4, -0.2) is 46.0 Å². The monoisotopic (exact) mass is 344 g/mol. The summed E-state index contributed by atoms with van der Waals surface area (Å²) in [5.41, 5.74) is 2.69. The first-order valence-electron chi connectivity index (χ1n) is 7.91. The molecule has 2 heterocycles. The predicted molar refractivity (Wildman–Crippen MR) is 90.0 cm³/mol. The molecule has 0 bridgehead atoms. The van der Waals surface area contributed by atoms with Gasteiger partial charge < -0.3 is 20.5 Å². The fraction of sp³-hybridized carbons (Fsp3) is 0.353. The van der Waals surface area contributed by atoms with E-state index in [9.17, 15) is 14.7 Å². The molecule has 132 valence electrons. The number of carbonyl (C=O) groups is 2. The third-order valence-corrected chi connectivity index (χ3v) is 4.03. The second-order valence-electron chi connectivity index (χ2n) is 5.96. The van der Waals surface area contributed by atoms with E-state index in [-0.39, 0.29) is 25.0 Å². The van der Waals surface area contributed by atoms with Crippen molar-refractivity contribution in [2.75, 3.05) is 18.5 Å². The molecule has 8 nitrogen and oxygen atoms in total. The van der Waals surface area contributed by atoms with Crippen LogP contribution in [0.3, 0.4) is 0 Å². The van der Waals surface area contributed by atoms with Crippen LogP contribution < -0.4 is 10.6 Å². The minimum Gasteiger partial charge on any atom is -0.394 e. The van der Waals surface area contributed by atoms with Gasteiger partial charge in [-0.3, -0.25) is 14.3 Å². The second kappa shape index (κ2) is 7.04. The molecule has 0 radical (unpaired) electrons. The Morgan fingerprint density at radius 2 is 2.16 bits per heavy atom. The molecule has 2 amide bonds. The van der Waals surface area contributed by atoms with Crippen molar-refractivity contribution in [1.82, 2.24) is 15.1 Å². The zero-order valence-corrected chi connectivity index (χ0v) is 14.0. The maximum absolute atomic E-state index is 12.3. The highest BCUT2D eigenvalue weighted by Crippen LogP contribution is 2.25. The van der Waals surface area contributed by atoms with Crippen LogP contribution in [0.5, 0.6) is 0 Å². The molecule has 3 rings (SSSR count). The van der Waals surface area contributed by atoms with Gasteiger partial charge in [0, 0.05) is 12.7 Å². The van der Waals surface area contributed by atoms with Crippen LogP contribution in [0.25, 0.3) is 0 Å². The molecular formula is C17H20N4O4. The molecule has 0 spiro atoms. The number of aromatic nitrogens is 2. The number of benzene rings is 1. The predicted octanol–water partition coefficient (Wildman–Crippen LogP) is 0.529. The summed E-state index contributed by atoms with van der Waals surface area (Å²) in [6, 6.07) is 8.34. The minimum absolute atomic E-state index is 0.0422. The smallest absolute Gasteiger partial charge is 0.273 e. The topological polar surface area (TPSA) is 105 Å². The van der Waals surface area contributed by atoms with Crippen molar-refractivity contribution in [3.8, 4) is 0 Å². The van der Waals surface area contributed by atoms with Gasteiger partial charge in [0.15, 0.2) is 0 Å². The summed E-state index contributed by atoms with van der Waals surface area (Å²) in [7, 11) is 1.72. The number of aryl methyl sites for hydroxylation is 2. The Balaban J connectivity index is 1.71. The Labute approximate surface area is 144 Å². The van der Waals surface area contributed by atoms with E-state index in [4.69, 9.17) is 4.74 Å². The van der Waals surface area contributed by atoms with E-state index < -0.39 is 12.1 Å². The lowest BCUT2D eigenvalue weighted by Gasteiger charge is -2.31. The third kappa shape index (κ3) is 3.70. The number of aliphatic hydroxyl groups is 1. The van der Waals surface area contributed by atoms with E-state index in [1.807, 2.05) is 6.92 Å². The molecule has 1 aromatic carbocycles. The summed E-state index contributed by atoms with van der Waals surface area (Å²) >= 11 is 0. The Hall–Kier alpha value is -2.71. The maximum atomic E-state index is 12.3. The standard InChI is InChI=1S/C17H20N4O4/c1-10-7-14(21(2)20-10)17(24)18-12-5-3-11(4-6-12)16-13(8-22)19-15(23)9-25-16/h3-7,13,16,22H,8-9H2,1-2H3,(H,18,24)(H,19,23). The molecule has 2 unspecified atom stereocenters. The zero-order chi connectivity index (χ0) is 18.0. The van der Waals surface area contributed by atoms with E-state index >= 15 is 0 Å². The molecule has 1 aliphatic rings. The number of nitrogens with zero attached hydrogens (tertiary/aromatic N) is 2. The molecule has 1 saturated heterocycles. The molecule has 3 N–H and O–H groups in total. The van der Waals surface area contributed by atoms with Gasteiger partial charge in [-0.1, -0.05) is 12.1 Å². The van der Waals surface area contributed by atoms with Crippen molar-refractivity contribution >= 4 is 17.5 Å². The van der Waals surface area contributed by atoms with Gasteiger partial charge in [0.25, 0.3) is 5.91 Å². The number of nitrogens with one attached hydrogen (secondary N) is 2. The summed E-state index contributed by atoms with van der Waals surface area (Å²) in [5.74, 6) is -0.490. The Kier molecular flexibility index (Phi) is 4.82. The molecule has 8 heteroatoms. The Morgan fingerprint density at radius 1 is 1.44 bits per heavy atom. The summed E-state index contributed by atoms with van der Waals surface area (Å²) in [4.78, 5) is 23.6. The SMILES string of the molecule is Cc1cc(C(=O)Nc2ccc(C3OCC(=O)NC3CO)cc2)n(C)n1. The van der Waals surface area contributed by atoms with Gasteiger partial charge in [-0.2, -0.15) is 5.10 Å². The fourth-order valence-electron chi connectivity index (χ4n) is 2.85. The van der Waals surface area contributed by atoms with Gasteiger partial charge in [-0.15, -0.1) is 0 Å². The average molecular weight is 344 g/mol. The first-order chi connectivity index (χ1) is 12.0. The molecule has 1 aliphatic heterocycles. The Bertz CT molecular complexity index is 784. The van der Waals surface area contributed by atoms with Crippen LogP contribution in [0.15, 0.2) is 30.3 Å². The van der Waals surface area contributed by atoms with Crippen LogP contribution in [0.2, 0.25) is 0 Å². The number of anilines is 1. The number of hydrogen-bond acceptors (Lipinski definition) is 5. The number of hydrogen-bond donors (Lipinski definition) is 3. The molecule has 0 saturated carbocycles. The second-order valence-corrected chi connectivity index (χ2v) is 5.96. The van der Waals surface area contributed by atoms with Gasteiger partial charge in [0.2, 0.25) is 5.91 Å². The molecule has 1 aromatic heterocycles. The summed E-state index contributed by atoms with van der Waals surface area (Å²) in [6.07, 6.45) is -0.424. The lowest BCUT2D eigenvalue weighted by molar-refractivity contribution is -0.138. The molecule has 25 heavy (non-hydrogen) atoms. The Morgan fingerprint density at radius 3 is 2.76 bits per heavy atom. The van der Waals surface area contributed by atoms with Crippen LogP contribution >= 0.6 is 0 Å². The van der Waals surface area contributed by atoms with E-state index in [0.29, 0.717) is 11.4 Å². The van der Waals surface area contributed by atoms with Gasteiger partial charge in [-0.25, -0.2) is 0 Å². The number of aliphatic hydroxyl groups excluding tert-OH is 1. The summed E-state index contributed by atoms with van der Waals surface area (Å²) < 4.78 is 7.05. The number of ether oxygens (including phenoxy) is 1. The van der Waals surface area contributed by atoms with Gasteiger partial charge in [-0.05, 0) is 30.7 Å². The van der Waals surface area contributed by atoms with Crippen molar-refractivity contribution in [2.24, 2.45) is 7.05 Å². The van der Waals surface area contributed by atoms with E-state index in [2.05, 4.69) is 15.7 Å². The van der Waals surface area contributed by atoms with Crippen molar-refractivity contribution in [2.45, 2.75) is 19.1 Å². The van der Waals surface area contributed by atoms with Crippen LogP contribution in [0.4, 0.5) is 5.69 Å². The molecular weight excluding hydrogens is 324 g/mol. The lowest BCUT2D eigenvalue weighted by atomic mass is 10.0. The number of carbonyl (C=O) groups excluding carboxylic acids is 2. The van der Waals surface area contributed by atoms with E-state index in [1.165, 1.54) is 4.68 Å². The summed E-state index contributed by atoms with van der Waals surface area (Å²) in [6.45, 7) is 1.57. The first kappa shape index (κ1) is 17.1. The van der Waals surface area contributed by atoms with Gasteiger partial charge in [0.1, 0.15) is 18.4 Å². The molecule has 2 atom stereocenters. The van der Waals surface area contributed by atoms with Crippen molar-refractivity contribution in [3.63, 3.8) is 0 Å². The van der Waals surface area contributed by atoms with E-state index in [0.717, 1.165) is 11.3 Å². The molecule has 0 aliphatic carbocycles. The van der Waals surface area contributed by atoms with Crippen LogP contribution in [-0.2, 0) is 16.6 Å². The average Bonchev–Trinajstić information content (AvgIpc) is 2.94. The molecule has 2 aromatic rings. The quantitative estimate of drug-likeness (QED) is 0.750. The number of rotatable bonds is 4. The normalized spacial score (nSPS) is 20.2. The largest absolute Gasteiger partial charge is 0.394 e. The minimum atomic E-state index is -0.487. The van der Waals surface area contributed by atoms with E-state index in [1.54, 1.807) is 37.4 Å². The number of morpholine rings is 1. The first-order valence-corrected chi connectivity index (χ1v) is 7.91. The zero-order valence-electron chi connectivity index (χ0n) is 14.0.